The van der Waals surface area contributed by atoms with E-state index in [1.807, 2.05) is 0 Å². The van der Waals surface area contributed by atoms with E-state index in [0.29, 0.717) is 13.1 Å². The molecule has 9 nitrogen and oxygen atoms in total. The molecule has 2 heterocycles. The van der Waals surface area contributed by atoms with Gasteiger partial charge in [0.25, 0.3) is 5.91 Å². The maximum atomic E-state index is 12.1. The van der Waals surface area contributed by atoms with Crippen molar-refractivity contribution < 1.29 is 19.8 Å². The van der Waals surface area contributed by atoms with E-state index in [-0.39, 0.29) is 18.7 Å². The van der Waals surface area contributed by atoms with E-state index in [1.54, 1.807) is 0 Å². The molecule has 1 fully saturated rings. The third-order valence-electron chi connectivity index (χ3n) is 2.94. The van der Waals surface area contributed by atoms with Crippen LogP contribution in [0.2, 0.25) is 0 Å². The molecule has 19 heavy (non-hydrogen) atoms. The zero-order valence-corrected chi connectivity index (χ0v) is 10.1. The van der Waals surface area contributed by atoms with E-state index < -0.39 is 24.0 Å². The Labute approximate surface area is 108 Å². The van der Waals surface area contributed by atoms with E-state index in [2.05, 4.69) is 10.3 Å². The van der Waals surface area contributed by atoms with Gasteiger partial charge in [-0.25, -0.2) is 4.79 Å². The smallest absolute Gasteiger partial charge is 0.326 e. The van der Waals surface area contributed by atoms with E-state index >= 15 is 0 Å². The predicted molar refractivity (Wildman–Crippen MR) is 62.2 cm³/mol. The Morgan fingerprint density at radius 3 is 2.89 bits per heavy atom. The number of likely N-dealkylation sites (tertiary alicyclic amines) is 1. The third kappa shape index (κ3) is 2.71. The molecule has 104 valence electrons. The molecule has 1 amide bonds. The summed E-state index contributed by atoms with van der Waals surface area (Å²) in [7, 11) is 0. The SMILES string of the molecule is NCCn1cc(C(=O)N2C[C@@H](O)C[C@H]2C(=O)O)nn1. The highest BCUT2D eigenvalue weighted by molar-refractivity contribution is 5.95. The molecule has 1 aliphatic rings. The van der Waals surface area contributed by atoms with Crippen LogP contribution in [0.25, 0.3) is 0 Å². The first-order chi connectivity index (χ1) is 9.02. The van der Waals surface area contributed by atoms with Gasteiger partial charge in [0, 0.05) is 19.5 Å². The van der Waals surface area contributed by atoms with Crippen LogP contribution in [0.4, 0.5) is 0 Å². The average molecular weight is 269 g/mol. The van der Waals surface area contributed by atoms with Gasteiger partial charge in [0.2, 0.25) is 0 Å². The first-order valence-corrected chi connectivity index (χ1v) is 5.85. The number of nitrogens with two attached hydrogens (primary N) is 1. The highest BCUT2D eigenvalue weighted by Crippen LogP contribution is 2.20. The van der Waals surface area contributed by atoms with Gasteiger partial charge in [0.05, 0.1) is 18.8 Å². The number of carbonyl (C=O) groups excluding carboxylic acids is 1. The van der Waals surface area contributed by atoms with E-state index in [4.69, 9.17) is 10.8 Å². The van der Waals surface area contributed by atoms with Crippen LogP contribution in [0.5, 0.6) is 0 Å². The van der Waals surface area contributed by atoms with Crippen molar-refractivity contribution in [2.24, 2.45) is 5.73 Å². The molecular weight excluding hydrogens is 254 g/mol. The number of rotatable bonds is 4. The van der Waals surface area contributed by atoms with Crippen LogP contribution in [-0.4, -0.2) is 67.2 Å². The lowest BCUT2D eigenvalue weighted by Gasteiger charge is -2.19. The Kier molecular flexibility index (Phi) is 3.76. The lowest BCUT2D eigenvalue weighted by atomic mass is 10.2. The largest absolute Gasteiger partial charge is 0.480 e. The maximum absolute atomic E-state index is 12.1. The zero-order chi connectivity index (χ0) is 14.0. The summed E-state index contributed by atoms with van der Waals surface area (Å²) >= 11 is 0. The first kappa shape index (κ1) is 13.4. The van der Waals surface area contributed by atoms with Gasteiger partial charge in [0.1, 0.15) is 6.04 Å². The number of carboxylic acids is 1. The zero-order valence-electron chi connectivity index (χ0n) is 10.1. The van der Waals surface area contributed by atoms with Crippen molar-refractivity contribution >= 4 is 11.9 Å². The van der Waals surface area contributed by atoms with Gasteiger partial charge in [-0.15, -0.1) is 5.10 Å². The molecule has 9 heteroatoms. The molecule has 0 saturated carbocycles. The number of carbonyl (C=O) groups is 2. The second kappa shape index (κ2) is 5.33. The van der Waals surface area contributed by atoms with Crippen molar-refractivity contribution in [3.63, 3.8) is 0 Å². The van der Waals surface area contributed by atoms with Gasteiger partial charge in [-0.2, -0.15) is 0 Å². The first-order valence-electron chi connectivity index (χ1n) is 5.85. The minimum Gasteiger partial charge on any atom is -0.480 e. The molecule has 1 aromatic rings. The minimum atomic E-state index is -1.14. The number of hydrogen-bond acceptors (Lipinski definition) is 6. The van der Waals surface area contributed by atoms with Gasteiger partial charge in [-0.05, 0) is 0 Å². The summed E-state index contributed by atoms with van der Waals surface area (Å²) in [5.74, 6) is -1.69. The number of hydrogen-bond donors (Lipinski definition) is 3. The molecule has 2 atom stereocenters. The molecule has 0 aromatic carbocycles. The quantitative estimate of drug-likeness (QED) is 0.569. The maximum Gasteiger partial charge on any atom is 0.326 e. The Bertz CT molecular complexity index is 488. The number of aromatic nitrogens is 3. The van der Waals surface area contributed by atoms with Crippen LogP contribution >= 0.6 is 0 Å². The summed E-state index contributed by atoms with van der Waals surface area (Å²) < 4.78 is 1.41. The van der Waals surface area contributed by atoms with E-state index in [9.17, 15) is 14.7 Å². The van der Waals surface area contributed by atoms with Crippen LogP contribution in [0.1, 0.15) is 16.9 Å². The molecule has 0 unspecified atom stereocenters. The summed E-state index contributed by atoms with van der Waals surface area (Å²) in [6.07, 6.45) is 0.612. The molecule has 0 bridgehead atoms. The lowest BCUT2D eigenvalue weighted by molar-refractivity contribution is -0.141. The van der Waals surface area contributed by atoms with Crippen molar-refractivity contribution in [3.05, 3.63) is 11.9 Å². The van der Waals surface area contributed by atoms with Crippen molar-refractivity contribution in [1.82, 2.24) is 19.9 Å². The van der Waals surface area contributed by atoms with Gasteiger partial charge in [-0.3, -0.25) is 9.48 Å². The molecule has 4 N–H and O–H groups in total. The van der Waals surface area contributed by atoms with Crippen molar-refractivity contribution in [3.8, 4) is 0 Å². The fourth-order valence-corrected chi connectivity index (χ4v) is 2.06. The number of aliphatic hydroxyl groups excluding tert-OH is 1. The summed E-state index contributed by atoms with van der Waals surface area (Å²) in [4.78, 5) is 24.3. The van der Waals surface area contributed by atoms with Gasteiger partial charge in [0.15, 0.2) is 5.69 Å². The second-order valence-electron chi connectivity index (χ2n) is 4.36. The molecule has 1 aliphatic heterocycles. The Morgan fingerprint density at radius 1 is 1.53 bits per heavy atom. The van der Waals surface area contributed by atoms with Gasteiger partial charge in [-0.1, -0.05) is 5.21 Å². The molecular formula is C10H15N5O4. The molecule has 0 radical (unpaired) electrons. The van der Waals surface area contributed by atoms with E-state index in [0.717, 1.165) is 4.90 Å². The number of nitrogens with zero attached hydrogens (tertiary/aromatic N) is 4. The highest BCUT2D eigenvalue weighted by Gasteiger charge is 2.40. The van der Waals surface area contributed by atoms with Crippen molar-refractivity contribution in [2.45, 2.75) is 25.1 Å². The lowest BCUT2D eigenvalue weighted by Crippen LogP contribution is -2.40. The second-order valence-corrected chi connectivity index (χ2v) is 4.36. The monoisotopic (exact) mass is 269 g/mol. The average Bonchev–Trinajstić information content (AvgIpc) is 2.95. The number of aliphatic hydroxyl groups is 1. The summed E-state index contributed by atoms with van der Waals surface area (Å²) in [6, 6.07) is -1.03. The molecule has 1 saturated heterocycles. The number of β-amino-alcohol motifs (C(OH)–C–C–N with tert-alkyl or cyclic N) is 1. The van der Waals surface area contributed by atoms with Crippen LogP contribution in [-0.2, 0) is 11.3 Å². The number of carboxylic acid groups (broad SMARTS) is 1. The summed E-state index contributed by atoms with van der Waals surface area (Å²) in [5, 5.41) is 25.9. The fourth-order valence-electron chi connectivity index (χ4n) is 2.06. The highest BCUT2D eigenvalue weighted by atomic mass is 16.4. The number of amides is 1. The van der Waals surface area contributed by atoms with Crippen LogP contribution in [0.15, 0.2) is 6.20 Å². The molecule has 1 aromatic heterocycles. The predicted octanol–water partition coefficient (Wildman–Crippen LogP) is -2.10. The van der Waals surface area contributed by atoms with Crippen LogP contribution < -0.4 is 5.73 Å². The molecule has 2 rings (SSSR count). The summed E-state index contributed by atoms with van der Waals surface area (Å²) in [5.41, 5.74) is 5.40. The Morgan fingerprint density at radius 2 is 2.26 bits per heavy atom. The Balaban J connectivity index is 2.15. The molecule has 0 spiro atoms. The minimum absolute atomic E-state index is 0.0143. The van der Waals surface area contributed by atoms with Gasteiger partial charge >= 0.3 is 5.97 Å². The van der Waals surface area contributed by atoms with E-state index in [1.165, 1.54) is 10.9 Å². The molecule has 0 aliphatic carbocycles. The topological polar surface area (TPSA) is 135 Å². The fraction of sp³-hybridized carbons (Fsp3) is 0.600. The normalized spacial score (nSPS) is 22.7. The third-order valence-corrected chi connectivity index (χ3v) is 2.94. The van der Waals surface area contributed by atoms with Crippen LogP contribution in [0.3, 0.4) is 0 Å². The standard InChI is InChI=1S/C10H15N5O4/c11-1-2-14-5-7(12-13-14)9(17)15-4-6(16)3-8(15)10(18)19/h5-6,8,16H,1-4,11H2,(H,18,19)/t6-,8-/m0/s1. The van der Waals surface area contributed by atoms with Crippen LogP contribution in [0, 0.1) is 0 Å². The van der Waals surface area contributed by atoms with Crippen molar-refractivity contribution in [2.75, 3.05) is 13.1 Å². The summed E-state index contributed by atoms with van der Waals surface area (Å²) in [6.45, 7) is 0.766. The van der Waals surface area contributed by atoms with Gasteiger partial charge < -0.3 is 20.8 Å². The number of aliphatic carboxylic acids is 1. The Hall–Kier alpha value is -2.00. The van der Waals surface area contributed by atoms with Crippen molar-refractivity contribution in [1.29, 1.82) is 0 Å².